The molecule has 108 valence electrons. The Hall–Kier alpha value is 1.05. The molecule has 0 aromatic carbocycles. The lowest BCUT2D eigenvalue weighted by Gasteiger charge is -2.05. The Balaban J connectivity index is 2.00. The Morgan fingerprint density at radius 3 is 0.722 bits per heavy atom. The van der Waals surface area contributed by atoms with Gasteiger partial charge in [-0.15, -0.1) is 0 Å². The minimum absolute atomic E-state index is 1.40. The maximum atomic E-state index is 2.18. The van der Waals surface area contributed by atoms with Gasteiger partial charge in [-0.2, -0.15) is 35.3 Å². The van der Waals surface area contributed by atoms with Crippen molar-refractivity contribution in [3.05, 3.63) is 0 Å². The van der Waals surface area contributed by atoms with Crippen molar-refractivity contribution in [2.75, 3.05) is 34.5 Å². The van der Waals surface area contributed by atoms with Crippen LogP contribution in [0, 0.1) is 0 Å². The van der Waals surface area contributed by atoms with Gasteiger partial charge < -0.3 is 0 Å². The molecule has 0 atom stereocenters. The van der Waals surface area contributed by atoms with E-state index < -0.39 is 0 Å². The molecule has 0 saturated carbocycles. The second-order valence-corrected chi connectivity index (χ2v) is 8.69. The van der Waals surface area contributed by atoms with E-state index in [0.29, 0.717) is 0 Å². The van der Waals surface area contributed by atoms with E-state index in [-0.39, 0.29) is 0 Å². The highest BCUT2D eigenvalue weighted by molar-refractivity contribution is 7.99. The molecule has 0 spiro atoms. The fourth-order valence-corrected chi connectivity index (χ4v) is 5.12. The van der Waals surface area contributed by atoms with Gasteiger partial charge in [-0.25, -0.2) is 0 Å². The average Bonchev–Trinajstić information content (AvgIpc) is 2.39. The lowest BCUT2D eigenvalue weighted by molar-refractivity contribution is 0.764. The van der Waals surface area contributed by atoms with Crippen LogP contribution in [0.4, 0.5) is 0 Å². The van der Waals surface area contributed by atoms with Crippen LogP contribution < -0.4 is 0 Å². The van der Waals surface area contributed by atoms with Crippen molar-refractivity contribution in [1.82, 2.24) is 0 Å². The highest BCUT2D eigenvalue weighted by Crippen LogP contribution is 2.16. The summed E-state index contributed by atoms with van der Waals surface area (Å²) in [5, 5.41) is 0. The Morgan fingerprint density at radius 1 is 0.278 bits per heavy atom. The van der Waals surface area contributed by atoms with Crippen LogP contribution >= 0.6 is 35.3 Å². The summed E-state index contributed by atoms with van der Waals surface area (Å²) in [5.74, 6) is 8.41. The molecule has 0 aliphatic carbocycles. The topological polar surface area (TPSA) is 0 Å². The van der Waals surface area contributed by atoms with Crippen LogP contribution in [0.25, 0.3) is 0 Å². The largest absolute Gasteiger partial charge is 0.162 e. The van der Waals surface area contributed by atoms with E-state index in [0.717, 1.165) is 0 Å². The maximum absolute atomic E-state index is 2.18. The summed E-state index contributed by atoms with van der Waals surface area (Å²) in [7, 11) is 0. The predicted molar refractivity (Wildman–Crippen MR) is 93.5 cm³/mol. The van der Waals surface area contributed by atoms with Gasteiger partial charge in [0.25, 0.3) is 0 Å². The van der Waals surface area contributed by atoms with E-state index in [4.69, 9.17) is 0 Å². The predicted octanol–water partition coefficient (Wildman–Crippen LogP) is 5.71. The third kappa shape index (κ3) is 12.1. The monoisotopic (exact) mass is 306 g/mol. The smallest absolute Gasteiger partial charge is 0.00675 e. The van der Waals surface area contributed by atoms with Crippen LogP contribution in [0.15, 0.2) is 0 Å². The second kappa shape index (κ2) is 14.5. The minimum atomic E-state index is 1.40. The molecule has 0 amide bonds. The molecular weight excluding hydrogens is 276 g/mol. The Bertz CT molecular complexity index is 86.8. The first-order valence-corrected chi connectivity index (χ1v) is 11.2. The van der Waals surface area contributed by atoms with Crippen molar-refractivity contribution in [2.45, 2.75) is 57.8 Å². The lowest BCUT2D eigenvalue weighted by Crippen LogP contribution is -1.91. The standard InChI is InChI=1S/C15H30S3/c1-4-10-16-12-6-2-8-14-18-15-9-3-7-13-17-11-5-1/h1-15H2. The highest BCUT2D eigenvalue weighted by atomic mass is 32.2. The summed E-state index contributed by atoms with van der Waals surface area (Å²) in [6.45, 7) is 0. The van der Waals surface area contributed by atoms with Gasteiger partial charge in [-0.1, -0.05) is 19.3 Å². The fourth-order valence-electron chi connectivity index (χ4n) is 2.06. The molecular formula is C15H30S3. The summed E-state index contributed by atoms with van der Waals surface area (Å²) in [6, 6.07) is 0. The zero-order chi connectivity index (χ0) is 12.7. The molecule has 1 rings (SSSR count). The second-order valence-electron chi connectivity index (χ2n) is 5.02. The Morgan fingerprint density at radius 2 is 0.500 bits per heavy atom. The van der Waals surface area contributed by atoms with Crippen LogP contribution in [-0.4, -0.2) is 34.5 Å². The molecule has 0 aromatic rings. The molecule has 0 unspecified atom stereocenters. The van der Waals surface area contributed by atoms with Gasteiger partial charge in [0.15, 0.2) is 0 Å². The average molecular weight is 307 g/mol. The van der Waals surface area contributed by atoms with Crippen LogP contribution in [-0.2, 0) is 0 Å². The zero-order valence-electron chi connectivity index (χ0n) is 11.8. The fraction of sp³-hybridized carbons (Fsp3) is 1.00. The summed E-state index contributed by atoms with van der Waals surface area (Å²) in [4.78, 5) is 0. The van der Waals surface area contributed by atoms with E-state index in [9.17, 15) is 0 Å². The Kier molecular flexibility index (Phi) is 13.7. The van der Waals surface area contributed by atoms with Gasteiger partial charge in [0.2, 0.25) is 0 Å². The molecule has 1 aliphatic rings. The number of thioether (sulfide) groups is 3. The molecule has 1 aliphatic heterocycles. The first-order valence-electron chi connectivity index (χ1n) is 7.73. The molecule has 18 heavy (non-hydrogen) atoms. The quantitative estimate of drug-likeness (QED) is 0.562. The van der Waals surface area contributed by atoms with Crippen LogP contribution in [0.1, 0.15) is 57.8 Å². The summed E-state index contributed by atoms with van der Waals surface area (Å²) in [5.41, 5.74) is 0. The number of hydrogen-bond acceptors (Lipinski definition) is 3. The van der Waals surface area contributed by atoms with Crippen molar-refractivity contribution in [3.8, 4) is 0 Å². The molecule has 0 aromatic heterocycles. The van der Waals surface area contributed by atoms with Gasteiger partial charge in [0.05, 0.1) is 0 Å². The molecule has 1 fully saturated rings. The Labute approximate surface area is 127 Å². The molecule has 0 N–H and O–H groups in total. The first kappa shape index (κ1) is 17.1. The SMILES string of the molecule is C1CCSCCCCCSCCCCCSCC1. The van der Waals surface area contributed by atoms with E-state index in [1.807, 2.05) is 0 Å². The van der Waals surface area contributed by atoms with Gasteiger partial charge >= 0.3 is 0 Å². The van der Waals surface area contributed by atoms with E-state index in [1.165, 1.54) is 92.3 Å². The maximum Gasteiger partial charge on any atom is -0.00675 e. The van der Waals surface area contributed by atoms with Gasteiger partial charge in [-0.3, -0.25) is 0 Å². The molecule has 0 nitrogen and oxygen atoms in total. The molecule has 0 bridgehead atoms. The van der Waals surface area contributed by atoms with E-state index in [1.54, 1.807) is 0 Å². The first-order chi connectivity index (χ1) is 9.00. The van der Waals surface area contributed by atoms with Gasteiger partial charge in [0.1, 0.15) is 0 Å². The molecule has 1 heterocycles. The summed E-state index contributed by atoms with van der Waals surface area (Å²) in [6.07, 6.45) is 13.0. The summed E-state index contributed by atoms with van der Waals surface area (Å²) >= 11 is 6.55. The molecule has 3 heteroatoms. The van der Waals surface area contributed by atoms with Gasteiger partial charge in [0, 0.05) is 0 Å². The molecule has 1 saturated heterocycles. The van der Waals surface area contributed by atoms with Crippen LogP contribution in [0.5, 0.6) is 0 Å². The van der Waals surface area contributed by atoms with Crippen LogP contribution in [0.2, 0.25) is 0 Å². The van der Waals surface area contributed by atoms with Gasteiger partial charge in [-0.05, 0) is 73.0 Å². The highest BCUT2D eigenvalue weighted by Gasteiger charge is 1.96. The number of hydrogen-bond donors (Lipinski definition) is 0. The van der Waals surface area contributed by atoms with Crippen LogP contribution in [0.3, 0.4) is 0 Å². The van der Waals surface area contributed by atoms with Crippen molar-refractivity contribution in [3.63, 3.8) is 0 Å². The van der Waals surface area contributed by atoms with Crippen molar-refractivity contribution >= 4 is 35.3 Å². The number of rotatable bonds is 0. The minimum Gasteiger partial charge on any atom is -0.162 e. The van der Waals surface area contributed by atoms with E-state index in [2.05, 4.69) is 35.3 Å². The summed E-state index contributed by atoms with van der Waals surface area (Å²) < 4.78 is 0. The zero-order valence-corrected chi connectivity index (χ0v) is 14.3. The van der Waals surface area contributed by atoms with E-state index >= 15 is 0 Å². The third-order valence-electron chi connectivity index (χ3n) is 3.23. The third-order valence-corrected chi connectivity index (χ3v) is 6.70. The lowest BCUT2D eigenvalue weighted by atomic mass is 10.3. The van der Waals surface area contributed by atoms with Crippen molar-refractivity contribution in [1.29, 1.82) is 0 Å². The molecule has 0 radical (unpaired) electrons. The van der Waals surface area contributed by atoms with Crippen molar-refractivity contribution < 1.29 is 0 Å². The van der Waals surface area contributed by atoms with Crippen molar-refractivity contribution in [2.24, 2.45) is 0 Å². The normalized spacial score (nSPS) is 24.0.